The number of hydrogen-bond acceptors (Lipinski definition) is 3. The quantitative estimate of drug-likeness (QED) is 0.918. The van der Waals surface area contributed by atoms with Crippen molar-refractivity contribution in [2.24, 2.45) is 5.92 Å². The van der Waals surface area contributed by atoms with Crippen molar-refractivity contribution in [3.05, 3.63) is 17.5 Å². The molecular formula is C14H23ClF2N4O. The fourth-order valence-corrected chi connectivity index (χ4v) is 2.57. The third-order valence-electron chi connectivity index (χ3n) is 3.51. The molecule has 1 aliphatic heterocycles. The summed E-state index contributed by atoms with van der Waals surface area (Å²) in [5, 5.41) is 7.21. The molecule has 0 saturated carbocycles. The second-order valence-electron chi connectivity index (χ2n) is 5.93. The van der Waals surface area contributed by atoms with Crippen LogP contribution in [0.15, 0.2) is 6.20 Å². The Kier molecular flexibility index (Phi) is 6.74. The van der Waals surface area contributed by atoms with Gasteiger partial charge in [0.2, 0.25) is 0 Å². The Bertz CT molecular complexity index is 507. The number of carbonyl (C=O) groups is 1. The predicted molar refractivity (Wildman–Crippen MR) is 82.6 cm³/mol. The number of nitrogens with zero attached hydrogens (tertiary/aromatic N) is 3. The fourth-order valence-electron chi connectivity index (χ4n) is 2.57. The molecule has 1 atom stereocenters. The highest BCUT2D eigenvalue weighted by Crippen LogP contribution is 2.25. The van der Waals surface area contributed by atoms with E-state index in [1.54, 1.807) is 4.90 Å². The molecule has 1 amide bonds. The van der Waals surface area contributed by atoms with Gasteiger partial charge in [-0.05, 0) is 12.8 Å². The minimum Gasteiger partial charge on any atom is -0.336 e. The van der Waals surface area contributed by atoms with Crippen molar-refractivity contribution in [3.63, 3.8) is 0 Å². The molecule has 8 heteroatoms. The van der Waals surface area contributed by atoms with Crippen LogP contribution in [-0.2, 0) is 6.54 Å². The van der Waals surface area contributed by atoms with Gasteiger partial charge in [0.15, 0.2) is 0 Å². The maximum absolute atomic E-state index is 13.3. The minimum atomic E-state index is -2.70. The Hall–Kier alpha value is -1.21. The number of hydrogen-bond donors (Lipinski definition) is 1. The standard InChI is InChI=1S/C14H22F2N4O.ClH/c1-9(2)7-20-12(13(15)16)11(6-18-20)14(21)19-5-4-17-10(3)8-19;/h6,9-10,13,17H,4-5,7-8H2,1-3H3;1H/t10-;/m1./s1. The lowest BCUT2D eigenvalue weighted by atomic mass is 10.1. The van der Waals surface area contributed by atoms with Gasteiger partial charge in [-0.25, -0.2) is 8.78 Å². The predicted octanol–water partition coefficient (Wildman–Crippen LogP) is 2.33. The summed E-state index contributed by atoms with van der Waals surface area (Å²) in [6.45, 7) is 7.93. The van der Waals surface area contributed by atoms with E-state index in [1.165, 1.54) is 10.9 Å². The highest BCUT2D eigenvalue weighted by molar-refractivity contribution is 5.95. The third-order valence-corrected chi connectivity index (χ3v) is 3.51. The minimum absolute atomic E-state index is 0. The Morgan fingerprint density at radius 3 is 2.73 bits per heavy atom. The van der Waals surface area contributed by atoms with Gasteiger partial charge in [0.1, 0.15) is 5.69 Å². The summed E-state index contributed by atoms with van der Waals surface area (Å²) >= 11 is 0. The second-order valence-corrected chi connectivity index (χ2v) is 5.93. The lowest BCUT2D eigenvalue weighted by molar-refractivity contribution is 0.0695. The topological polar surface area (TPSA) is 50.2 Å². The van der Waals surface area contributed by atoms with Crippen molar-refractivity contribution >= 4 is 18.3 Å². The number of amides is 1. The number of nitrogens with one attached hydrogen (secondary N) is 1. The van der Waals surface area contributed by atoms with Crippen molar-refractivity contribution in [2.45, 2.75) is 39.8 Å². The SMILES string of the molecule is CC(C)Cn1ncc(C(=O)N2CCN[C@H](C)C2)c1C(F)F.Cl. The van der Waals surface area contributed by atoms with Gasteiger partial charge < -0.3 is 10.2 Å². The summed E-state index contributed by atoms with van der Waals surface area (Å²) in [5.41, 5.74) is -0.236. The summed E-state index contributed by atoms with van der Waals surface area (Å²) in [4.78, 5) is 14.1. The van der Waals surface area contributed by atoms with E-state index in [9.17, 15) is 13.6 Å². The van der Waals surface area contributed by atoms with Gasteiger partial charge >= 0.3 is 0 Å². The van der Waals surface area contributed by atoms with Gasteiger partial charge in [0.25, 0.3) is 12.3 Å². The van der Waals surface area contributed by atoms with Gasteiger partial charge in [0.05, 0.1) is 11.8 Å². The number of rotatable bonds is 4. The van der Waals surface area contributed by atoms with E-state index < -0.39 is 6.43 Å². The molecule has 0 unspecified atom stereocenters. The summed E-state index contributed by atoms with van der Waals surface area (Å²) < 4.78 is 27.9. The van der Waals surface area contributed by atoms with Crippen LogP contribution in [0.2, 0.25) is 0 Å². The van der Waals surface area contributed by atoms with Crippen LogP contribution in [0.3, 0.4) is 0 Å². The first-order chi connectivity index (χ1) is 9.90. The molecule has 0 radical (unpaired) electrons. The molecule has 22 heavy (non-hydrogen) atoms. The zero-order valence-corrected chi connectivity index (χ0v) is 13.9. The Labute approximate surface area is 135 Å². The van der Waals surface area contributed by atoms with Crippen LogP contribution in [0.5, 0.6) is 0 Å². The zero-order chi connectivity index (χ0) is 15.6. The lowest BCUT2D eigenvalue weighted by Crippen LogP contribution is -2.51. The van der Waals surface area contributed by atoms with Gasteiger partial charge in [-0.1, -0.05) is 13.8 Å². The molecule has 126 valence electrons. The molecule has 1 N–H and O–H groups in total. The van der Waals surface area contributed by atoms with E-state index in [0.717, 1.165) is 0 Å². The van der Waals surface area contributed by atoms with E-state index in [2.05, 4.69) is 10.4 Å². The van der Waals surface area contributed by atoms with Gasteiger partial charge in [-0.3, -0.25) is 9.48 Å². The monoisotopic (exact) mass is 336 g/mol. The van der Waals surface area contributed by atoms with E-state index in [0.29, 0.717) is 26.2 Å². The largest absolute Gasteiger partial charge is 0.336 e. The Balaban J connectivity index is 0.00000242. The zero-order valence-electron chi connectivity index (χ0n) is 13.1. The number of aromatic nitrogens is 2. The number of halogens is 3. The Morgan fingerprint density at radius 2 is 2.18 bits per heavy atom. The van der Waals surface area contributed by atoms with Crippen LogP contribution in [0.4, 0.5) is 8.78 Å². The number of carbonyl (C=O) groups excluding carboxylic acids is 1. The summed E-state index contributed by atoms with van der Waals surface area (Å²) in [7, 11) is 0. The van der Waals surface area contributed by atoms with E-state index in [1.807, 2.05) is 20.8 Å². The highest BCUT2D eigenvalue weighted by atomic mass is 35.5. The molecule has 0 aromatic carbocycles. The van der Waals surface area contributed by atoms with E-state index in [-0.39, 0.29) is 41.5 Å². The maximum Gasteiger partial charge on any atom is 0.280 e. The van der Waals surface area contributed by atoms with Crippen LogP contribution < -0.4 is 5.32 Å². The first-order valence-electron chi connectivity index (χ1n) is 7.26. The Morgan fingerprint density at radius 1 is 1.50 bits per heavy atom. The summed E-state index contributed by atoms with van der Waals surface area (Å²) in [5.74, 6) is -0.168. The second kappa shape index (κ2) is 7.87. The van der Waals surface area contributed by atoms with Gasteiger partial charge in [-0.15, -0.1) is 12.4 Å². The molecule has 1 saturated heterocycles. The first kappa shape index (κ1) is 18.8. The number of piperazine rings is 1. The molecule has 1 fully saturated rings. The van der Waals surface area contributed by atoms with Crippen molar-refractivity contribution in [1.82, 2.24) is 20.0 Å². The van der Waals surface area contributed by atoms with Crippen molar-refractivity contribution in [1.29, 1.82) is 0 Å². The normalized spacial score (nSPS) is 18.7. The van der Waals surface area contributed by atoms with E-state index in [4.69, 9.17) is 0 Å². The van der Waals surface area contributed by atoms with Gasteiger partial charge in [-0.2, -0.15) is 5.10 Å². The molecule has 1 aliphatic rings. The molecule has 0 spiro atoms. The van der Waals surface area contributed by atoms with Crippen LogP contribution in [0.25, 0.3) is 0 Å². The summed E-state index contributed by atoms with van der Waals surface area (Å²) in [6, 6.07) is 0.170. The number of alkyl halides is 2. The van der Waals surface area contributed by atoms with Crippen LogP contribution in [0, 0.1) is 5.92 Å². The highest BCUT2D eigenvalue weighted by Gasteiger charge is 2.29. The van der Waals surface area contributed by atoms with E-state index >= 15 is 0 Å². The fraction of sp³-hybridized carbons (Fsp3) is 0.714. The first-order valence-corrected chi connectivity index (χ1v) is 7.26. The van der Waals surface area contributed by atoms with Gasteiger partial charge in [0, 0.05) is 32.2 Å². The van der Waals surface area contributed by atoms with Crippen molar-refractivity contribution in [3.8, 4) is 0 Å². The van der Waals surface area contributed by atoms with Crippen LogP contribution >= 0.6 is 12.4 Å². The van der Waals surface area contributed by atoms with Crippen LogP contribution in [-0.4, -0.2) is 46.3 Å². The molecular weight excluding hydrogens is 314 g/mol. The third kappa shape index (κ3) is 4.16. The molecule has 1 aromatic heterocycles. The molecule has 2 rings (SSSR count). The lowest BCUT2D eigenvalue weighted by Gasteiger charge is -2.31. The molecule has 5 nitrogen and oxygen atoms in total. The van der Waals surface area contributed by atoms with Crippen molar-refractivity contribution in [2.75, 3.05) is 19.6 Å². The van der Waals surface area contributed by atoms with Crippen LogP contribution in [0.1, 0.15) is 43.2 Å². The van der Waals surface area contributed by atoms with Crippen molar-refractivity contribution < 1.29 is 13.6 Å². The average molecular weight is 337 g/mol. The maximum atomic E-state index is 13.3. The molecule has 0 bridgehead atoms. The smallest absolute Gasteiger partial charge is 0.280 e. The molecule has 2 heterocycles. The average Bonchev–Trinajstić information content (AvgIpc) is 2.80. The summed E-state index contributed by atoms with van der Waals surface area (Å²) in [6.07, 6.45) is -1.43. The molecule has 1 aromatic rings. The molecule has 0 aliphatic carbocycles.